The van der Waals surface area contributed by atoms with E-state index in [0.29, 0.717) is 5.69 Å². The summed E-state index contributed by atoms with van der Waals surface area (Å²) in [5.74, 6) is -0.402. The van der Waals surface area contributed by atoms with Gasteiger partial charge in [0.15, 0.2) is 0 Å². The summed E-state index contributed by atoms with van der Waals surface area (Å²) in [4.78, 5) is 12.6. The predicted octanol–water partition coefficient (Wildman–Crippen LogP) is 3.58. The van der Waals surface area contributed by atoms with Gasteiger partial charge in [0.2, 0.25) is 15.7 Å². The highest BCUT2D eigenvalue weighted by molar-refractivity contribution is 7.99. The second kappa shape index (κ2) is 8.53. The normalized spacial score (nSPS) is 11.5. The lowest BCUT2D eigenvalue weighted by atomic mass is 10.1. The molecule has 1 heterocycles. The number of carbonyl (C=O) groups is 1. The van der Waals surface area contributed by atoms with Crippen LogP contribution in [0.5, 0.6) is 0 Å². The molecule has 0 aliphatic rings. The first-order chi connectivity index (χ1) is 14.1. The first-order valence-electron chi connectivity index (χ1n) is 9.23. The van der Waals surface area contributed by atoms with Crippen LogP contribution in [0.2, 0.25) is 0 Å². The molecule has 3 N–H and O–H groups in total. The Kier molecular flexibility index (Phi) is 6.23. The molecular formula is C21H24N4O3S2. The first kappa shape index (κ1) is 21.9. The van der Waals surface area contributed by atoms with E-state index in [9.17, 15) is 13.2 Å². The Morgan fingerprint density at radius 2 is 1.80 bits per heavy atom. The quantitative estimate of drug-likeness (QED) is 0.563. The van der Waals surface area contributed by atoms with Gasteiger partial charge in [-0.2, -0.15) is 5.10 Å². The number of aromatic nitrogens is 2. The predicted molar refractivity (Wildman–Crippen MR) is 120 cm³/mol. The lowest BCUT2D eigenvalue weighted by molar-refractivity contribution is -0.116. The molecule has 9 heteroatoms. The summed E-state index contributed by atoms with van der Waals surface area (Å²) < 4.78 is 27.6. The Balaban J connectivity index is 1.93. The molecule has 0 saturated heterocycles. The lowest BCUT2D eigenvalue weighted by Gasteiger charge is -2.11. The number of benzene rings is 2. The number of thioether (sulfide) groups is 1. The van der Waals surface area contributed by atoms with Crippen molar-refractivity contribution in [2.45, 2.75) is 42.1 Å². The van der Waals surface area contributed by atoms with Crippen LogP contribution in [0.25, 0.3) is 0 Å². The second-order valence-electron chi connectivity index (χ2n) is 6.99. The van der Waals surface area contributed by atoms with Crippen molar-refractivity contribution in [3.8, 4) is 0 Å². The molecular weight excluding hydrogens is 420 g/mol. The molecule has 3 rings (SSSR count). The van der Waals surface area contributed by atoms with E-state index in [1.165, 1.54) is 16.4 Å². The number of nitrogens with one attached hydrogen (secondary N) is 1. The fraction of sp³-hybridized carbons (Fsp3) is 0.238. The molecule has 2 aromatic carbocycles. The number of hydrogen-bond donors (Lipinski definition) is 2. The maximum absolute atomic E-state index is 13.2. The minimum atomic E-state index is -3.88. The van der Waals surface area contributed by atoms with E-state index < -0.39 is 9.84 Å². The molecule has 0 aliphatic carbocycles. The number of nitrogens with two attached hydrogens (primary N) is 1. The van der Waals surface area contributed by atoms with Gasteiger partial charge in [0.05, 0.1) is 4.90 Å². The van der Waals surface area contributed by atoms with Crippen LogP contribution in [-0.4, -0.2) is 30.4 Å². The van der Waals surface area contributed by atoms with Gasteiger partial charge in [0.25, 0.3) is 0 Å². The van der Waals surface area contributed by atoms with Crippen LogP contribution in [0.1, 0.15) is 16.7 Å². The molecule has 0 radical (unpaired) electrons. The molecule has 0 spiro atoms. The lowest BCUT2D eigenvalue weighted by Crippen LogP contribution is -2.21. The Labute approximate surface area is 180 Å². The molecule has 0 atom stereocenters. The molecule has 158 valence electrons. The number of aryl methyl sites for hydroxylation is 2. The summed E-state index contributed by atoms with van der Waals surface area (Å²) in [6.45, 7) is 5.57. The van der Waals surface area contributed by atoms with Crippen LogP contribution in [0.3, 0.4) is 0 Å². The number of anilines is 2. The number of sulfone groups is 1. The zero-order chi connectivity index (χ0) is 22.1. The van der Waals surface area contributed by atoms with Crippen LogP contribution in [-0.2, 0) is 21.2 Å². The minimum Gasteiger partial charge on any atom is -0.383 e. The smallest absolute Gasteiger partial charge is 0.246 e. The molecule has 3 aromatic rings. The number of hydrogen-bond acceptors (Lipinski definition) is 6. The summed E-state index contributed by atoms with van der Waals surface area (Å²) in [6, 6.07) is 12.2. The molecule has 0 fully saturated rings. The van der Waals surface area contributed by atoms with Crippen LogP contribution < -0.4 is 11.1 Å². The van der Waals surface area contributed by atoms with Crippen molar-refractivity contribution in [2.75, 3.05) is 17.3 Å². The molecule has 0 bridgehead atoms. The summed E-state index contributed by atoms with van der Waals surface area (Å²) in [6.07, 6.45) is 1.72. The zero-order valence-electron chi connectivity index (χ0n) is 17.3. The zero-order valence-corrected chi connectivity index (χ0v) is 18.9. The van der Waals surface area contributed by atoms with Gasteiger partial charge in [0, 0.05) is 5.69 Å². The van der Waals surface area contributed by atoms with Crippen molar-refractivity contribution in [2.24, 2.45) is 0 Å². The highest BCUT2D eigenvalue weighted by Crippen LogP contribution is 2.34. The third kappa shape index (κ3) is 4.22. The highest BCUT2D eigenvalue weighted by atomic mass is 32.2. The Hall–Kier alpha value is -2.78. The van der Waals surface area contributed by atoms with Crippen LogP contribution >= 0.6 is 11.8 Å². The maximum Gasteiger partial charge on any atom is 0.246 e. The van der Waals surface area contributed by atoms with Crippen LogP contribution in [0.4, 0.5) is 11.5 Å². The van der Waals surface area contributed by atoms with E-state index in [2.05, 4.69) is 10.4 Å². The minimum absolute atomic E-state index is 0.0592. The van der Waals surface area contributed by atoms with Gasteiger partial charge in [-0.3, -0.25) is 4.79 Å². The summed E-state index contributed by atoms with van der Waals surface area (Å²) >= 11 is 1.17. The third-order valence-corrected chi connectivity index (χ3v) is 7.52. The molecule has 0 unspecified atom stereocenters. The molecule has 0 saturated carbocycles. The highest BCUT2D eigenvalue weighted by Gasteiger charge is 2.29. The fourth-order valence-corrected chi connectivity index (χ4v) is 5.42. The van der Waals surface area contributed by atoms with Gasteiger partial charge in [-0.05, 0) is 56.4 Å². The Morgan fingerprint density at radius 1 is 1.13 bits per heavy atom. The van der Waals surface area contributed by atoms with Gasteiger partial charge in [-0.25, -0.2) is 13.1 Å². The second-order valence-corrected chi connectivity index (χ2v) is 9.67. The van der Waals surface area contributed by atoms with Crippen LogP contribution in [0, 0.1) is 20.8 Å². The van der Waals surface area contributed by atoms with E-state index in [1.807, 2.05) is 39.0 Å². The number of nitrogen functional groups attached to an aromatic ring is 1. The van der Waals surface area contributed by atoms with Crippen molar-refractivity contribution in [3.63, 3.8) is 0 Å². The number of rotatable bonds is 6. The molecule has 1 aromatic heterocycles. The van der Waals surface area contributed by atoms with Gasteiger partial charge in [-0.1, -0.05) is 29.8 Å². The number of carbonyl (C=O) groups excluding carboxylic acids is 1. The largest absolute Gasteiger partial charge is 0.383 e. The maximum atomic E-state index is 13.2. The van der Waals surface area contributed by atoms with E-state index in [-0.39, 0.29) is 33.1 Å². The van der Waals surface area contributed by atoms with Crippen molar-refractivity contribution in [1.82, 2.24) is 9.78 Å². The van der Waals surface area contributed by atoms with Crippen molar-refractivity contribution >= 4 is 39.0 Å². The molecule has 0 aliphatic heterocycles. The van der Waals surface area contributed by atoms with Gasteiger partial charge in [0.1, 0.15) is 22.3 Å². The van der Waals surface area contributed by atoms with Crippen molar-refractivity contribution in [3.05, 3.63) is 59.2 Å². The fourth-order valence-electron chi connectivity index (χ4n) is 2.99. The first-order valence-corrected chi connectivity index (χ1v) is 11.9. The molecule has 7 nitrogen and oxygen atoms in total. The van der Waals surface area contributed by atoms with E-state index in [4.69, 9.17) is 5.73 Å². The van der Waals surface area contributed by atoms with Crippen LogP contribution in [0.15, 0.2) is 57.3 Å². The summed E-state index contributed by atoms with van der Waals surface area (Å²) in [5.41, 5.74) is 9.83. The van der Waals surface area contributed by atoms with Gasteiger partial charge < -0.3 is 11.1 Å². The Bertz CT molecular complexity index is 1200. The Morgan fingerprint density at radius 3 is 2.43 bits per heavy atom. The SMILES string of the molecule is CSc1nn(CC(=O)Nc2cccc(C)c2C)c(N)c1S(=O)(=O)c1ccc(C)cc1. The topological polar surface area (TPSA) is 107 Å². The molecule has 30 heavy (non-hydrogen) atoms. The van der Waals surface area contributed by atoms with Gasteiger partial charge >= 0.3 is 0 Å². The number of amides is 1. The number of nitrogens with zero attached hydrogens (tertiary/aromatic N) is 2. The van der Waals surface area contributed by atoms with Crippen molar-refractivity contribution in [1.29, 1.82) is 0 Å². The standard InChI is InChI=1S/C21H24N4O3S2/c1-13-8-10-16(11-9-13)30(27,28)19-20(22)25(24-21(19)29-4)12-18(26)23-17-7-5-6-14(2)15(17)3/h5-11H,12,22H2,1-4H3,(H,23,26). The average molecular weight is 445 g/mol. The van der Waals surface area contributed by atoms with Gasteiger partial charge in [-0.15, -0.1) is 11.8 Å². The summed E-state index contributed by atoms with van der Waals surface area (Å²) in [5, 5.41) is 7.37. The van der Waals surface area contributed by atoms with Crippen molar-refractivity contribution < 1.29 is 13.2 Å². The molecule has 1 amide bonds. The third-order valence-electron chi connectivity index (χ3n) is 4.88. The average Bonchev–Trinajstić information content (AvgIpc) is 3.02. The van der Waals surface area contributed by atoms with E-state index in [1.54, 1.807) is 30.5 Å². The summed E-state index contributed by atoms with van der Waals surface area (Å²) in [7, 11) is -3.88. The van der Waals surface area contributed by atoms with E-state index >= 15 is 0 Å². The monoisotopic (exact) mass is 444 g/mol. The van der Waals surface area contributed by atoms with E-state index in [0.717, 1.165) is 16.7 Å².